The molecule has 106 valence electrons. The van der Waals surface area contributed by atoms with Gasteiger partial charge < -0.3 is 15.0 Å². The number of esters is 1. The van der Waals surface area contributed by atoms with Gasteiger partial charge in [-0.3, -0.25) is 4.79 Å². The van der Waals surface area contributed by atoms with E-state index in [2.05, 4.69) is 15.0 Å². The van der Waals surface area contributed by atoms with Crippen LogP contribution >= 0.6 is 11.6 Å². The summed E-state index contributed by atoms with van der Waals surface area (Å²) in [5, 5.41) is 5.62. The number of carbonyl (C=O) groups excluding carboxylic acids is 1. The van der Waals surface area contributed by atoms with Crippen LogP contribution in [0.4, 0.5) is 11.5 Å². The van der Waals surface area contributed by atoms with Gasteiger partial charge in [-0.25, -0.2) is 4.98 Å². The number of anilines is 2. The first-order chi connectivity index (χ1) is 9.56. The molecule has 0 fully saturated rings. The summed E-state index contributed by atoms with van der Waals surface area (Å²) in [6.45, 7) is 0.139. The molecule has 0 spiro atoms. The number of carbonyl (C=O) groups is 1. The van der Waals surface area contributed by atoms with E-state index in [9.17, 15) is 4.79 Å². The van der Waals surface area contributed by atoms with Crippen LogP contribution in [0.25, 0.3) is 10.8 Å². The number of hydrogen-bond donors (Lipinski definition) is 1. The molecule has 20 heavy (non-hydrogen) atoms. The second-order valence-electron chi connectivity index (χ2n) is 4.37. The topological polar surface area (TPSA) is 54.5 Å². The normalized spacial score (nSPS) is 10.4. The molecular formula is C14H16ClN3O2. The van der Waals surface area contributed by atoms with Gasteiger partial charge in [0.15, 0.2) is 0 Å². The van der Waals surface area contributed by atoms with Crippen molar-refractivity contribution in [2.45, 2.75) is 0 Å². The third kappa shape index (κ3) is 2.77. The summed E-state index contributed by atoms with van der Waals surface area (Å²) >= 11 is 6.05. The molecule has 2 aromatic rings. The Morgan fingerprint density at radius 3 is 2.85 bits per heavy atom. The lowest BCUT2D eigenvalue weighted by Crippen LogP contribution is -2.27. The number of nitrogens with zero attached hydrogens (tertiary/aromatic N) is 2. The van der Waals surface area contributed by atoms with E-state index in [0.717, 1.165) is 16.5 Å². The number of benzene rings is 1. The Morgan fingerprint density at radius 2 is 2.20 bits per heavy atom. The predicted molar refractivity (Wildman–Crippen MR) is 81.6 cm³/mol. The van der Waals surface area contributed by atoms with Crippen LogP contribution < -0.4 is 10.2 Å². The van der Waals surface area contributed by atoms with Crippen molar-refractivity contribution < 1.29 is 9.53 Å². The molecule has 0 saturated carbocycles. The van der Waals surface area contributed by atoms with Crippen LogP contribution in [0.2, 0.25) is 5.02 Å². The highest BCUT2D eigenvalue weighted by atomic mass is 35.5. The maximum atomic E-state index is 11.4. The molecule has 0 atom stereocenters. The van der Waals surface area contributed by atoms with Gasteiger partial charge in [-0.15, -0.1) is 0 Å². The van der Waals surface area contributed by atoms with Crippen molar-refractivity contribution in [1.29, 1.82) is 0 Å². The van der Waals surface area contributed by atoms with E-state index in [4.69, 9.17) is 11.6 Å². The van der Waals surface area contributed by atoms with Crippen molar-refractivity contribution in [2.75, 3.05) is 38.0 Å². The molecule has 1 aromatic heterocycles. The lowest BCUT2D eigenvalue weighted by molar-refractivity contribution is -0.138. The minimum atomic E-state index is -0.311. The molecule has 0 aliphatic carbocycles. The summed E-state index contributed by atoms with van der Waals surface area (Å²) < 4.78 is 4.68. The van der Waals surface area contributed by atoms with E-state index in [0.29, 0.717) is 10.8 Å². The Balaban J connectivity index is 2.52. The first-order valence-corrected chi connectivity index (χ1v) is 6.48. The summed E-state index contributed by atoms with van der Waals surface area (Å²) in [7, 11) is 4.99. The highest BCUT2D eigenvalue weighted by Gasteiger charge is 2.14. The Hall–Kier alpha value is -2.01. The number of aromatic nitrogens is 1. The van der Waals surface area contributed by atoms with Gasteiger partial charge in [-0.1, -0.05) is 11.6 Å². The zero-order valence-corrected chi connectivity index (χ0v) is 12.4. The monoisotopic (exact) mass is 293 g/mol. The highest BCUT2D eigenvalue weighted by Crippen LogP contribution is 2.31. The SMILES string of the molecule is CNc1cnc(N(C)CC(=O)OC)c2ccc(Cl)cc12. The predicted octanol–water partition coefficient (Wildman–Crippen LogP) is 2.54. The Labute approximate surface area is 122 Å². The minimum Gasteiger partial charge on any atom is -0.468 e. The van der Waals surface area contributed by atoms with Gasteiger partial charge in [0, 0.05) is 29.9 Å². The van der Waals surface area contributed by atoms with Crippen LogP contribution in [0.1, 0.15) is 0 Å². The van der Waals surface area contributed by atoms with Crippen LogP contribution in [-0.2, 0) is 9.53 Å². The molecule has 1 N–H and O–H groups in total. The average molecular weight is 294 g/mol. The van der Waals surface area contributed by atoms with E-state index in [-0.39, 0.29) is 12.5 Å². The first-order valence-electron chi connectivity index (χ1n) is 6.10. The lowest BCUT2D eigenvalue weighted by atomic mass is 10.1. The largest absolute Gasteiger partial charge is 0.468 e. The number of methoxy groups -OCH3 is 1. The second-order valence-corrected chi connectivity index (χ2v) is 4.80. The molecule has 0 unspecified atom stereocenters. The standard InChI is InChI=1S/C14H16ClN3O2/c1-16-12-7-17-14(18(2)8-13(19)20-3)10-5-4-9(15)6-11(10)12/h4-7,16H,8H2,1-3H3. The number of pyridine rings is 1. The molecule has 1 heterocycles. The minimum absolute atomic E-state index is 0.139. The molecule has 2 rings (SSSR count). The van der Waals surface area contributed by atoms with Crippen LogP contribution in [0.5, 0.6) is 0 Å². The summed E-state index contributed by atoms with van der Waals surface area (Å²) in [5.41, 5.74) is 0.887. The number of halogens is 1. The number of rotatable bonds is 4. The van der Waals surface area contributed by atoms with Crippen molar-refractivity contribution in [1.82, 2.24) is 4.98 Å². The van der Waals surface area contributed by atoms with Crippen molar-refractivity contribution in [3.8, 4) is 0 Å². The Kier molecular flexibility index (Phi) is 4.29. The molecule has 0 saturated heterocycles. The summed E-state index contributed by atoms with van der Waals surface area (Å²) in [6.07, 6.45) is 1.72. The maximum Gasteiger partial charge on any atom is 0.325 e. The van der Waals surface area contributed by atoms with Gasteiger partial charge in [-0.05, 0) is 18.2 Å². The number of hydrogen-bond acceptors (Lipinski definition) is 5. The van der Waals surface area contributed by atoms with Gasteiger partial charge in [0.25, 0.3) is 0 Å². The molecule has 6 heteroatoms. The molecule has 0 amide bonds. The Bertz CT molecular complexity index is 646. The first kappa shape index (κ1) is 14.4. The fourth-order valence-corrected chi connectivity index (χ4v) is 2.21. The van der Waals surface area contributed by atoms with Crippen LogP contribution in [0, 0.1) is 0 Å². The maximum absolute atomic E-state index is 11.4. The van der Waals surface area contributed by atoms with Crippen LogP contribution in [0.3, 0.4) is 0 Å². The number of likely N-dealkylation sites (N-methyl/N-ethyl adjacent to an activating group) is 1. The second kappa shape index (κ2) is 5.96. The molecule has 0 bridgehead atoms. The average Bonchev–Trinajstić information content (AvgIpc) is 2.45. The van der Waals surface area contributed by atoms with Gasteiger partial charge in [0.2, 0.25) is 0 Å². The molecule has 0 aliphatic rings. The number of ether oxygens (including phenoxy) is 1. The third-order valence-corrected chi connectivity index (χ3v) is 3.29. The van der Waals surface area contributed by atoms with Gasteiger partial charge in [0.05, 0.1) is 19.0 Å². The fraction of sp³-hybridized carbons (Fsp3) is 0.286. The quantitative estimate of drug-likeness (QED) is 0.878. The smallest absolute Gasteiger partial charge is 0.325 e. The number of nitrogens with one attached hydrogen (secondary N) is 1. The van der Waals surface area contributed by atoms with Gasteiger partial charge in [-0.2, -0.15) is 0 Å². The van der Waals surface area contributed by atoms with Gasteiger partial charge >= 0.3 is 5.97 Å². The summed E-state index contributed by atoms with van der Waals surface area (Å²) in [5.74, 6) is 0.398. The van der Waals surface area contributed by atoms with Gasteiger partial charge in [0.1, 0.15) is 12.4 Å². The molecule has 0 aliphatic heterocycles. The van der Waals surface area contributed by atoms with Crippen LogP contribution in [0.15, 0.2) is 24.4 Å². The Morgan fingerprint density at radius 1 is 1.45 bits per heavy atom. The zero-order valence-electron chi connectivity index (χ0n) is 11.6. The molecule has 0 radical (unpaired) electrons. The zero-order chi connectivity index (χ0) is 14.7. The molecular weight excluding hydrogens is 278 g/mol. The third-order valence-electron chi connectivity index (χ3n) is 3.05. The molecule has 1 aromatic carbocycles. The highest BCUT2D eigenvalue weighted by molar-refractivity contribution is 6.31. The molecule has 5 nitrogen and oxygen atoms in total. The number of fused-ring (bicyclic) bond motifs is 1. The fourth-order valence-electron chi connectivity index (χ4n) is 2.04. The van der Waals surface area contributed by atoms with Crippen molar-refractivity contribution in [3.05, 3.63) is 29.4 Å². The van der Waals surface area contributed by atoms with Crippen LogP contribution in [-0.4, -0.2) is 38.7 Å². The van der Waals surface area contributed by atoms with E-state index < -0.39 is 0 Å². The van der Waals surface area contributed by atoms with Crippen molar-refractivity contribution in [3.63, 3.8) is 0 Å². The van der Waals surface area contributed by atoms with E-state index in [1.165, 1.54) is 7.11 Å². The van der Waals surface area contributed by atoms with E-state index >= 15 is 0 Å². The van der Waals surface area contributed by atoms with Crippen molar-refractivity contribution in [2.24, 2.45) is 0 Å². The van der Waals surface area contributed by atoms with E-state index in [1.54, 1.807) is 24.2 Å². The summed E-state index contributed by atoms with van der Waals surface area (Å²) in [6, 6.07) is 5.58. The van der Waals surface area contributed by atoms with Crippen molar-refractivity contribution >= 4 is 39.8 Å². The van der Waals surface area contributed by atoms with E-state index in [1.807, 2.05) is 19.2 Å². The summed E-state index contributed by atoms with van der Waals surface area (Å²) in [4.78, 5) is 17.5. The lowest BCUT2D eigenvalue weighted by Gasteiger charge is -2.19.